The van der Waals surface area contributed by atoms with E-state index in [4.69, 9.17) is 4.74 Å². The average Bonchev–Trinajstić information content (AvgIpc) is 2.83. The predicted molar refractivity (Wildman–Crippen MR) is 92.1 cm³/mol. The van der Waals surface area contributed by atoms with Crippen LogP contribution in [-0.4, -0.2) is 43.3 Å². The highest BCUT2D eigenvalue weighted by molar-refractivity contribution is 5.73. The van der Waals surface area contributed by atoms with E-state index in [0.29, 0.717) is 11.9 Å². The molecule has 1 saturated heterocycles. The van der Waals surface area contributed by atoms with Crippen molar-refractivity contribution in [2.24, 2.45) is 0 Å². The molecule has 2 heterocycles. The van der Waals surface area contributed by atoms with E-state index in [-0.39, 0.29) is 11.0 Å². The van der Waals surface area contributed by atoms with Crippen molar-refractivity contribution in [1.29, 1.82) is 0 Å². The van der Waals surface area contributed by atoms with Gasteiger partial charge in [-0.05, 0) is 58.0 Å². The minimum atomic E-state index is -0.408. The summed E-state index contributed by atoms with van der Waals surface area (Å²) in [5, 5.41) is 2.83. The Morgan fingerprint density at radius 1 is 1.35 bits per heavy atom. The van der Waals surface area contributed by atoms with E-state index in [1.165, 1.54) is 11.3 Å². The van der Waals surface area contributed by atoms with Crippen LogP contribution in [0.1, 0.15) is 39.7 Å². The first kappa shape index (κ1) is 16.1. The number of fused-ring (bicyclic) bond motifs is 3. The second-order valence-electron chi connectivity index (χ2n) is 8.08. The highest BCUT2D eigenvalue weighted by atomic mass is 16.6. The molecular formula is C18H27N3O2. The van der Waals surface area contributed by atoms with Gasteiger partial charge in [0.05, 0.1) is 6.17 Å². The minimum Gasteiger partial charge on any atom is -0.410 e. The molecule has 3 rings (SSSR count). The van der Waals surface area contributed by atoms with Gasteiger partial charge in [0.1, 0.15) is 5.75 Å². The molecule has 0 bridgehead atoms. The first-order valence-electron chi connectivity index (χ1n) is 8.19. The van der Waals surface area contributed by atoms with Gasteiger partial charge in [-0.2, -0.15) is 0 Å². The molecule has 5 heteroatoms. The Bertz CT molecular complexity index is 638. The SMILES string of the molecule is CN1CCC2(C)c3cc(OC(=O)NC(C)(C)C)ccc3N(C)C12. The second kappa shape index (κ2) is 5.13. The normalized spacial score (nSPS) is 26.9. The quantitative estimate of drug-likeness (QED) is 0.865. The fraction of sp³-hybridized carbons (Fsp3) is 0.611. The first-order chi connectivity index (χ1) is 10.6. The molecule has 5 nitrogen and oxygen atoms in total. The van der Waals surface area contributed by atoms with Crippen LogP contribution < -0.4 is 15.0 Å². The summed E-state index contributed by atoms with van der Waals surface area (Å²) < 4.78 is 5.49. The number of likely N-dealkylation sites (tertiary alicyclic amines) is 1. The van der Waals surface area contributed by atoms with Gasteiger partial charge in [0.25, 0.3) is 0 Å². The van der Waals surface area contributed by atoms with Crippen LogP contribution in [0.3, 0.4) is 0 Å². The molecule has 126 valence electrons. The van der Waals surface area contributed by atoms with Crippen molar-refractivity contribution in [1.82, 2.24) is 10.2 Å². The van der Waals surface area contributed by atoms with Crippen molar-refractivity contribution in [3.63, 3.8) is 0 Å². The zero-order valence-corrected chi connectivity index (χ0v) is 14.9. The maximum atomic E-state index is 12.0. The molecule has 2 atom stereocenters. The monoisotopic (exact) mass is 317 g/mol. The molecule has 1 aromatic carbocycles. The maximum Gasteiger partial charge on any atom is 0.413 e. The van der Waals surface area contributed by atoms with Crippen LogP contribution in [-0.2, 0) is 5.41 Å². The van der Waals surface area contributed by atoms with Gasteiger partial charge in [0, 0.05) is 30.2 Å². The number of rotatable bonds is 1. The zero-order valence-electron chi connectivity index (χ0n) is 14.9. The highest BCUT2D eigenvalue weighted by Crippen LogP contribution is 2.51. The minimum absolute atomic E-state index is 0.0821. The van der Waals surface area contributed by atoms with Crippen molar-refractivity contribution in [2.45, 2.75) is 51.2 Å². The molecule has 1 fully saturated rings. The molecule has 1 amide bonds. The number of hydrogen-bond donors (Lipinski definition) is 1. The molecule has 1 N–H and O–H groups in total. The summed E-state index contributed by atoms with van der Waals surface area (Å²) in [6.45, 7) is 9.20. The summed E-state index contributed by atoms with van der Waals surface area (Å²) >= 11 is 0. The molecule has 0 saturated carbocycles. The lowest BCUT2D eigenvalue weighted by molar-refractivity contribution is 0.190. The van der Waals surface area contributed by atoms with E-state index >= 15 is 0 Å². The van der Waals surface area contributed by atoms with Crippen molar-refractivity contribution in [3.8, 4) is 5.75 Å². The summed E-state index contributed by atoms with van der Waals surface area (Å²) in [4.78, 5) is 16.7. The summed E-state index contributed by atoms with van der Waals surface area (Å²) in [6, 6.07) is 5.97. The molecule has 0 aromatic heterocycles. The maximum absolute atomic E-state index is 12.0. The second-order valence-corrected chi connectivity index (χ2v) is 8.08. The van der Waals surface area contributed by atoms with Gasteiger partial charge < -0.3 is 15.0 Å². The lowest BCUT2D eigenvalue weighted by Crippen LogP contribution is -2.45. The molecule has 2 unspecified atom stereocenters. The number of anilines is 1. The van der Waals surface area contributed by atoms with Gasteiger partial charge in [0.2, 0.25) is 0 Å². The topological polar surface area (TPSA) is 44.8 Å². The third-order valence-corrected chi connectivity index (χ3v) is 4.99. The van der Waals surface area contributed by atoms with Crippen LogP contribution in [0.2, 0.25) is 0 Å². The van der Waals surface area contributed by atoms with Crippen LogP contribution in [0.4, 0.5) is 10.5 Å². The average molecular weight is 317 g/mol. The Morgan fingerprint density at radius 3 is 2.70 bits per heavy atom. The number of carbonyl (C=O) groups excluding carboxylic acids is 1. The Labute approximate surface area is 138 Å². The number of benzene rings is 1. The third kappa shape index (κ3) is 2.67. The first-order valence-corrected chi connectivity index (χ1v) is 8.19. The predicted octanol–water partition coefficient (Wildman–Crippen LogP) is 2.94. The van der Waals surface area contributed by atoms with Gasteiger partial charge in [-0.15, -0.1) is 0 Å². The van der Waals surface area contributed by atoms with Crippen LogP contribution in [0.15, 0.2) is 18.2 Å². The Kier molecular flexibility index (Phi) is 3.59. The lowest BCUT2D eigenvalue weighted by atomic mass is 9.81. The Balaban J connectivity index is 1.87. The van der Waals surface area contributed by atoms with E-state index in [2.05, 4.69) is 42.2 Å². The standard InChI is InChI=1S/C18H27N3O2/c1-17(2,3)19-16(22)23-12-7-8-14-13(11-12)18(4)9-10-20(5)15(18)21(14)6/h7-8,11,15H,9-10H2,1-6H3,(H,19,22). The van der Waals surface area contributed by atoms with Gasteiger partial charge in [-0.3, -0.25) is 4.90 Å². The Hall–Kier alpha value is -1.75. The fourth-order valence-electron chi connectivity index (χ4n) is 4.06. The molecule has 0 radical (unpaired) electrons. The summed E-state index contributed by atoms with van der Waals surface area (Å²) in [5.41, 5.74) is 2.28. The highest BCUT2D eigenvalue weighted by Gasteiger charge is 2.52. The van der Waals surface area contributed by atoms with E-state index in [9.17, 15) is 4.79 Å². The third-order valence-electron chi connectivity index (χ3n) is 4.99. The Morgan fingerprint density at radius 2 is 2.04 bits per heavy atom. The lowest BCUT2D eigenvalue weighted by Gasteiger charge is -2.32. The van der Waals surface area contributed by atoms with Gasteiger partial charge in [0.15, 0.2) is 0 Å². The van der Waals surface area contributed by atoms with Crippen molar-refractivity contribution in [2.75, 3.05) is 25.5 Å². The summed E-state index contributed by atoms with van der Waals surface area (Å²) in [7, 11) is 4.32. The van der Waals surface area contributed by atoms with E-state index in [1.54, 1.807) is 0 Å². The fourth-order valence-corrected chi connectivity index (χ4v) is 4.06. The smallest absolute Gasteiger partial charge is 0.410 e. The van der Waals surface area contributed by atoms with Crippen molar-refractivity contribution < 1.29 is 9.53 Å². The number of carbonyl (C=O) groups is 1. The molecule has 1 aromatic rings. The van der Waals surface area contributed by atoms with Crippen molar-refractivity contribution in [3.05, 3.63) is 23.8 Å². The van der Waals surface area contributed by atoms with E-state index < -0.39 is 6.09 Å². The molecule has 2 aliphatic rings. The van der Waals surface area contributed by atoms with Gasteiger partial charge >= 0.3 is 6.09 Å². The summed E-state index contributed by atoms with van der Waals surface area (Å²) in [6.07, 6.45) is 1.08. The molecule has 0 aliphatic carbocycles. The number of amides is 1. The van der Waals surface area contributed by atoms with Crippen molar-refractivity contribution >= 4 is 11.8 Å². The van der Waals surface area contributed by atoms with Crippen LogP contribution in [0.25, 0.3) is 0 Å². The molecule has 23 heavy (non-hydrogen) atoms. The molecule has 2 aliphatic heterocycles. The molecule has 0 spiro atoms. The molecular weight excluding hydrogens is 290 g/mol. The van der Waals surface area contributed by atoms with Crippen LogP contribution in [0.5, 0.6) is 5.75 Å². The zero-order chi connectivity index (χ0) is 17.0. The number of ether oxygens (including phenoxy) is 1. The number of nitrogens with one attached hydrogen (secondary N) is 1. The van der Waals surface area contributed by atoms with E-state index in [0.717, 1.165) is 13.0 Å². The number of hydrogen-bond acceptors (Lipinski definition) is 4. The summed E-state index contributed by atoms with van der Waals surface area (Å²) in [5.74, 6) is 0.607. The van der Waals surface area contributed by atoms with E-state index in [1.807, 2.05) is 32.9 Å². The number of nitrogens with zero attached hydrogens (tertiary/aromatic N) is 2. The van der Waals surface area contributed by atoms with Gasteiger partial charge in [-0.25, -0.2) is 4.79 Å². The van der Waals surface area contributed by atoms with Crippen LogP contribution >= 0.6 is 0 Å². The van der Waals surface area contributed by atoms with Gasteiger partial charge in [-0.1, -0.05) is 6.92 Å². The number of likely N-dealkylation sites (N-methyl/N-ethyl adjacent to an activating group) is 2. The largest absolute Gasteiger partial charge is 0.413 e. The van der Waals surface area contributed by atoms with Crippen LogP contribution in [0, 0.1) is 0 Å².